The zero-order valence-corrected chi connectivity index (χ0v) is 14.1. The molecule has 0 radical (unpaired) electrons. The van der Waals surface area contributed by atoms with Crippen molar-refractivity contribution in [3.63, 3.8) is 0 Å². The van der Waals surface area contributed by atoms with Crippen LogP contribution in [0.15, 0.2) is 28.9 Å². The Morgan fingerprint density at radius 3 is 3.13 bits per heavy atom. The summed E-state index contributed by atoms with van der Waals surface area (Å²) in [6, 6.07) is 3.62. The number of nitrogens with zero attached hydrogens (tertiary/aromatic N) is 2. The summed E-state index contributed by atoms with van der Waals surface area (Å²) < 4.78 is 5.55. The van der Waals surface area contributed by atoms with Crippen molar-refractivity contribution < 1.29 is 9.21 Å². The van der Waals surface area contributed by atoms with E-state index in [2.05, 4.69) is 36.1 Å². The van der Waals surface area contributed by atoms with Crippen molar-refractivity contribution in [3.8, 4) is 0 Å². The fourth-order valence-electron chi connectivity index (χ4n) is 3.03. The van der Waals surface area contributed by atoms with Gasteiger partial charge in [-0.1, -0.05) is 13.8 Å². The number of aromatic nitrogens is 1. The molecule has 23 heavy (non-hydrogen) atoms. The lowest BCUT2D eigenvalue weighted by Gasteiger charge is -2.18. The fourth-order valence-corrected chi connectivity index (χ4v) is 3.03. The summed E-state index contributed by atoms with van der Waals surface area (Å²) in [5.74, 6) is 0.796. The Kier molecular flexibility index (Phi) is 4.39. The average molecular weight is 315 g/mol. The lowest BCUT2D eigenvalue weighted by atomic mass is 10.0. The predicted molar refractivity (Wildman–Crippen MR) is 90.3 cm³/mol. The van der Waals surface area contributed by atoms with E-state index in [0.717, 1.165) is 25.0 Å². The Labute approximate surface area is 137 Å². The SMILES string of the molecule is CCN(C)CCC1(C)CC1CNC(=O)c1cc2ccncc2o1. The van der Waals surface area contributed by atoms with Gasteiger partial charge in [0.1, 0.15) is 0 Å². The van der Waals surface area contributed by atoms with Crippen LogP contribution in [0.2, 0.25) is 0 Å². The third-order valence-electron chi connectivity index (χ3n) is 5.20. The molecule has 0 aliphatic heterocycles. The summed E-state index contributed by atoms with van der Waals surface area (Å²) in [7, 11) is 2.15. The molecule has 2 heterocycles. The maximum Gasteiger partial charge on any atom is 0.287 e. The van der Waals surface area contributed by atoms with Gasteiger partial charge < -0.3 is 14.6 Å². The molecule has 0 aromatic carbocycles. The summed E-state index contributed by atoms with van der Waals surface area (Å²) in [5.41, 5.74) is 1.02. The van der Waals surface area contributed by atoms with Gasteiger partial charge in [-0.05, 0) is 56.4 Å². The number of hydrogen-bond acceptors (Lipinski definition) is 4. The maximum absolute atomic E-state index is 12.2. The highest BCUT2D eigenvalue weighted by molar-refractivity contribution is 5.95. The van der Waals surface area contributed by atoms with E-state index in [-0.39, 0.29) is 5.91 Å². The molecule has 0 spiro atoms. The number of furan rings is 1. The molecule has 1 aliphatic carbocycles. The standard InChI is InChI=1S/C18H25N3O2/c1-4-21(3)8-6-18(2)10-14(18)11-20-17(22)15-9-13-5-7-19-12-16(13)23-15/h5,7,9,12,14H,4,6,8,10-11H2,1-3H3,(H,20,22). The van der Waals surface area contributed by atoms with Crippen LogP contribution in [0.4, 0.5) is 0 Å². The molecule has 2 aromatic rings. The van der Waals surface area contributed by atoms with Gasteiger partial charge in [0.05, 0.1) is 6.20 Å². The second-order valence-corrected chi connectivity index (χ2v) is 6.94. The second kappa shape index (κ2) is 6.32. The van der Waals surface area contributed by atoms with Crippen molar-refractivity contribution in [1.29, 1.82) is 0 Å². The lowest BCUT2D eigenvalue weighted by Crippen LogP contribution is -2.27. The number of rotatable bonds is 7. The van der Waals surface area contributed by atoms with Crippen LogP contribution in [0.25, 0.3) is 11.0 Å². The zero-order chi connectivity index (χ0) is 16.4. The number of carbonyl (C=O) groups excluding carboxylic acids is 1. The first-order chi connectivity index (χ1) is 11.0. The monoisotopic (exact) mass is 315 g/mol. The van der Waals surface area contributed by atoms with Crippen molar-refractivity contribution >= 4 is 16.9 Å². The van der Waals surface area contributed by atoms with Crippen molar-refractivity contribution in [1.82, 2.24) is 15.2 Å². The van der Waals surface area contributed by atoms with E-state index in [9.17, 15) is 4.79 Å². The largest absolute Gasteiger partial charge is 0.449 e. The molecule has 0 saturated heterocycles. The number of hydrogen-bond donors (Lipinski definition) is 1. The zero-order valence-electron chi connectivity index (χ0n) is 14.1. The minimum Gasteiger partial charge on any atom is -0.449 e. The van der Waals surface area contributed by atoms with E-state index in [1.165, 1.54) is 12.8 Å². The number of carbonyl (C=O) groups is 1. The molecular formula is C18H25N3O2. The lowest BCUT2D eigenvalue weighted by molar-refractivity contribution is 0.0924. The Hall–Kier alpha value is -1.88. The molecule has 1 amide bonds. The number of pyridine rings is 1. The molecule has 5 nitrogen and oxygen atoms in total. The van der Waals surface area contributed by atoms with Gasteiger partial charge in [-0.25, -0.2) is 0 Å². The minimum atomic E-state index is -0.138. The van der Waals surface area contributed by atoms with Crippen LogP contribution in [-0.2, 0) is 0 Å². The van der Waals surface area contributed by atoms with E-state index >= 15 is 0 Å². The van der Waals surface area contributed by atoms with E-state index < -0.39 is 0 Å². The van der Waals surface area contributed by atoms with Gasteiger partial charge in [-0.3, -0.25) is 9.78 Å². The van der Waals surface area contributed by atoms with Gasteiger partial charge in [0.15, 0.2) is 11.3 Å². The molecule has 124 valence electrons. The molecule has 0 bridgehead atoms. The fraction of sp³-hybridized carbons (Fsp3) is 0.556. The number of fused-ring (bicyclic) bond motifs is 1. The van der Waals surface area contributed by atoms with Crippen LogP contribution in [0.5, 0.6) is 0 Å². The van der Waals surface area contributed by atoms with Gasteiger partial charge in [-0.15, -0.1) is 0 Å². The predicted octanol–water partition coefficient (Wildman–Crippen LogP) is 2.93. The summed E-state index contributed by atoms with van der Waals surface area (Å²) in [6.45, 7) is 7.42. The highest BCUT2D eigenvalue weighted by atomic mass is 16.3. The maximum atomic E-state index is 12.2. The molecule has 1 N–H and O–H groups in total. The topological polar surface area (TPSA) is 58.4 Å². The third-order valence-corrected chi connectivity index (χ3v) is 5.20. The van der Waals surface area contributed by atoms with Crippen LogP contribution >= 0.6 is 0 Å². The molecule has 3 rings (SSSR count). The molecule has 2 atom stereocenters. The third kappa shape index (κ3) is 3.55. The summed E-state index contributed by atoms with van der Waals surface area (Å²) >= 11 is 0. The van der Waals surface area contributed by atoms with E-state index in [1.54, 1.807) is 18.5 Å². The average Bonchev–Trinajstić information content (AvgIpc) is 3.01. The summed E-state index contributed by atoms with van der Waals surface area (Å²) in [6.07, 6.45) is 5.71. The van der Waals surface area contributed by atoms with Crippen molar-refractivity contribution in [3.05, 3.63) is 30.3 Å². The second-order valence-electron chi connectivity index (χ2n) is 6.94. The Morgan fingerprint density at radius 1 is 1.57 bits per heavy atom. The van der Waals surface area contributed by atoms with Crippen molar-refractivity contribution in [2.75, 3.05) is 26.7 Å². The van der Waals surface area contributed by atoms with E-state index in [1.807, 2.05) is 6.07 Å². The van der Waals surface area contributed by atoms with Crippen LogP contribution in [0.1, 0.15) is 37.2 Å². The molecule has 1 fully saturated rings. The highest BCUT2D eigenvalue weighted by Gasteiger charge is 2.49. The van der Waals surface area contributed by atoms with Crippen molar-refractivity contribution in [2.45, 2.75) is 26.7 Å². The van der Waals surface area contributed by atoms with E-state index in [4.69, 9.17) is 4.42 Å². The molecule has 1 aliphatic rings. The smallest absolute Gasteiger partial charge is 0.287 e. The van der Waals surface area contributed by atoms with Crippen LogP contribution in [-0.4, -0.2) is 42.5 Å². The quantitative estimate of drug-likeness (QED) is 0.853. The molecular weight excluding hydrogens is 290 g/mol. The van der Waals surface area contributed by atoms with Crippen LogP contribution in [0.3, 0.4) is 0 Å². The highest BCUT2D eigenvalue weighted by Crippen LogP contribution is 2.54. The number of amides is 1. The Bertz CT molecular complexity index is 663. The Balaban J connectivity index is 1.50. The van der Waals surface area contributed by atoms with E-state index in [0.29, 0.717) is 22.7 Å². The first-order valence-electron chi connectivity index (χ1n) is 8.32. The first-order valence-corrected chi connectivity index (χ1v) is 8.32. The van der Waals surface area contributed by atoms with Gasteiger partial charge in [0, 0.05) is 18.1 Å². The van der Waals surface area contributed by atoms with Crippen molar-refractivity contribution in [2.24, 2.45) is 11.3 Å². The molecule has 5 heteroatoms. The molecule has 1 saturated carbocycles. The van der Waals surface area contributed by atoms with Gasteiger partial charge in [-0.2, -0.15) is 0 Å². The Morgan fingerprint density at radius 2 is 2.39 bits per heavy atom. The van der Waals surface area contributed by atoms with Crippen LogP contribution in [0, 0.1) is 11.3 Å². The summed E-state index contributed by atoms with van der Waals surface area (Å²) in [5, 5.41) is 3.92. The van der Waals surface area contributed by atoms with Gasteiger partial charge in [0.2, 0.25) is 0 Å². The van der Waals surface area contributed by atoms with Gasteiger partial charge >= 0.3 is 0 Å². The molecule has 2 aromatic heterocycles. The minimum absolute atomic E-state index is 0.138. The normalized spacial score (nSPS) is 23.4. The first kappa shape index (κ1) is 16.0. The summed E-state index contributed by atoms with van der Waals surface area (Å²) in [4.78, 5) is 18.6. The van der Waals surface area contributed by atoms with Crippen LogP contribution < -0.4 is 5.32 Å². The number of nitrogens with one attached hydrogen (secondary N) is 1. The van der Waals surface area contributed by atoms with Gasteiger partial charge in [0.25, 0.3) is 5.91 Å². The molecule has 2 unspecified atom stereocenters.